The number of halogens is 1. The molecule has 0 aliphatic rings. The Kier molecular flexibility index (Phi) is 7.76. The van der Waals surface area contributed by atoms with Crippen molar-refractivity contribution in [2.75, 3.05) is 5.75 Å². The van der Waals surface area contributed by atoms with Gasteiger partial charge in [0.25, 0.3) is 0 Å². The monoisotopic (exact) mass is 444 g/mol. The molecule has 1 unspecified atom stereocenters. The first-order valence-corrected chi connectivity index (χ1v) is 11.1. The third-order valence-corrected chi connectivity index (χ3v) is 5.79. The van der Waals surface area contributed by atoms with Gasteiger partial charge in [-0.1, -0.05) is 65.3 Å². The molecule has 1 amide bonds. The van der Waals surface area contributed by atoms with Gasteiger partial charge < -0.3 is 14.6 Å². The maximum Gasteiger partial charge on any atom is 0.230 e. The predicted molar refractivity (Wildman–Crippen MR) is 120 cm³/mol. The average Bonchev–Trinajstić information content (AvgIpc) is 3.16. The van der Waals surface area contributed by atoms with Crippen LogP contribution in [0.2, 0.25) is 5.02 Å². The summed E-state index contributed by atoms with van der Waals surface area (Å²) in [4.78, 5) is 12.2. The van der Waals surface area contributed by atoms with E-state index in [1.165, 1.54) is 17.3 Å². The molecule has 0 radical (unpaired) electrons. The van der Waals surface area contributed by atoms with Crippen molar-refractivity contribution in [3.05, 3.63) is 70.5 Å². The van der Waals surface area contributed by atoms with Crippen LogP contribution in [0, 0.1) is 6.92 Å². The minimum absolute atomic E-state index is 0.0480. The number of hydrogen-bond acceptors (Lipinski definition) is 5. The zero-order valence-electron chi connectivity index (χ0n) is 17.3. The lowest BCUT2D eigenvalue weighted by molar-refractivity contribution is -0.118. The van der Waals surface area contributed by atoms with Gasteiger partial charge in [-0.2, -0.15) is 0 Å². The topological polar surface area (TPSA) is 69.0 Å². The number of nitrogens with one attached hydrogen (secondary N) is 1. The van der Waals surface area contributed by atoms with Gasteiger partial charge in [-0.3, -0.25) is 4.79 Å². The molecule has 6 nitrogen and oxygen atoms in total. The maximum absolute atomic E-state index is 12.2. The van der Waals surface area contributed by atoms with Crippen molar-refractivity contribution in [2.24, 2.45) is 0 Å². The second-order valence-electron chi connectivity index (χ2n) is 6.83. The molecule has 2 aromatic carbocycles. The molecule has 0 spiro atoms. The number of aromatic nitrogens is 3. The van der Waals surface area contributed by atoms with Crippen molar-refractivity contribution < 1.29 is 9.53 Å². The second kappa shape index (κ2) is 10.5. The minimum Gasteiger partial charge on any atom is -0.481 e. The number of nitrogens with zero attached hydrogens (tertiary/aromatic N) is 3. The van der Waals surface area contributed by atoms with Gasteiger partial charge in [0.2, 0.25) is 5.91 Å². The summed E-state index contributed by atoms with van der Waals surface area (Å²) < 4.78 is 7.92. The Morgan fingerprint density at radius 1 is 1.20 bits per heavy atom. The first-order chi connectivity index (χ1) is 14.5. The minimum atomic E-state index is -0.331. The Morgan fingerprint density at radius 3 is 2.63 bits per heavy atom. The Balaban J connectivity index is 1.57. The highest BCUT2D eigenvalue weighted by atomic mass is 35.5. The van der Waals surface area contributed by atoms with Crippen LogP contribution in [0.1, 0.15) is 36.9 Å². The number of carbonyl (C=O) groups excluding carboxylic acids is 1. The van der Waals surface area contributed by atoms with Crippen LogP contribution in [0.4, 0.5) is 0 Å². The Labute approximate surface area is 186 Å². The van der Waals surface area contributed by atoms with Gasteiger partial charge in [0.15, 0.2) is 17.1 Å². The number of para-hydroxylation sites is 1. The summed E-state index contributed by atoms with van der Waals surface area (Å²) in [6, 6.07) is 15.4. The lowest BCUT2D eigenvalue weighted by Crippen LogP contribution is -2.24. The summed E-state index contributed by atoms with van der Waals surface area (Å²) in [5.74, 6) is 1.51. The van der Waals surface area contributed by atoms with Gasteiger partial charge in [-0.15, -0.1) is 10.2 Å². The fourth-order valence-corrected chi connectivity index (χ4v) is 3.90. The van der Waals surface area contributed by atoms with Gasteiger partial charge >= 0.3 is 0 Å². The Bertz CT molecular complexity index is 991. The number of ether oxygens (including phenoxy) is 1. The fourth-order valence-electron chi connectivity index (χ4n) is 2.88. The molecular weight excluding hydrogens is 420 g/mol. The van der Waals surface area contributed by atoms with Gasteiger partial charge in [0.1, 0.15) is 5.75 Å². The van der Waals surface area contributed by atoms with Crippen molar-refractivity contribution in [3.8, 4) is 5.75 Å². The molecule has 0 aliphatic heterocycles. The van der Waals surface area contributed by atoms with Crippen LogP contribution in [0.15, 0.2) is 53.7 Å². The number of hydrogen-bond donors (Lipinski definition) is 1. The summed E-state index contributed by atoms with van der Waals surface area (Å²) in [6.45, 7) is 7.14. The van der Waals surface area contributed by atoms with E-state index in [0.29, 0.717) is 34.8 Å². The lowest BCUT2D eigenvalue weighted by Gasteiger charge is -2.16. The molecule has 0 bridgehead atoms. The van der Waals surface area contributed by atoms with Crippen LogP contribution in [0.5, 0.6) is 5.75 Å². The highest BCUT2D eigenvalue weighted by molar-refractivity contribution is 7.99. The largest absolute Gasteiger partial charge is 0.481 e. The molecular formula is C22H25ClN4O2S. The summed E-state index contributed by atoms with van der Waals surface area (Å²) in [6.07, 6.45) is -0.331. The molecule has 1 heterocycles. The lowest BCUT2D eigenvalue weighted by atomic mass is 10.1. The third kappa shape index (κ3) is 5.77. The molecule has 8 heteroatoms. The van der Waals surface area contributed by atoms with E-state index in [1.54, 1.807) is 6.07 Å². The summed E-state index contributed by atoms with van der Waals surface area (Å²) in [5, 5.41) is 12.7. The number of amides is 1. The van der Waals surface area contributed by atoms with Gasteiger partial charge in [0, 0.05) is 13.1 Å². The Morgan fingerprint density at radius 2 is 1.93 bits per heavy atom. The van der Waals surface area contributed by atoms with Crippen molar-refractivity contribution in [1.82, 2.24) is 20.1 Å². The van der Waals surface area contributed by atoms with Crippen LogP contribution >= 0.6 is 23.4 Å². The third-order valence-electron chi connectivity index (χ3n) is 4.51. The van der Waals surface area contributed by atoms with E-state index in [1.807, 2.05) is 67.8 Å². The summed E-state index contributed by atoms with van der Waals surface area (Å²) in [7, 11) is 0. The smallest absolute Gasteiger partial charge is 0.230 e. The normalized spacial score (nSPS) is 11.9. The average molecular weight is 445 g/mol. The SMILES string of the molecule is CCn1c(SCC(=O)NCc2ccc(C)cc2)nnc1C(C)Oc1ccccc1Cl. The molecule has 1 N–H and O–H groups in total. The number of carbonyl (C=O) groups is 1. The Hall–Kier alpha value is -2.51. The molecule has 0 saturated carbocycles. The molecule has 3 aromatic rings. The van der Waals surface area contributed by atoms with Gasteiger partial charge in [-0.25, -0.2) is 0 Å². The first-order valence-electron chi connectivity index (χ1n) is 9.77. The van der Waals surface area contributed by atoms with Gasteiger partial charge in [-0.05, 0) is 38.5 Å². The molecule has 3 rings (SSSR count). The summed E-state index contributed by atoms with van der Waals surface area (Å²) >= 11 is 7.55. The molecule has 0 saturated heterocycles. The van der Waals surface area contributed by atoms with E-state index in [4.69, 9.17) is 16.3 Å². The number of aryl methyl sites for hydroxylation is 1. The van der Waals surface area contributed by atoms with Crippen LogP contribution in [-0.2, 0) is 17.9 Å². The number of thioether (sulfide) groups is 1. The van der Waals surface area contributed by atoms with E-state index in [9.17, 15) is 4.79 Å². The quantitative estimate of drug-likeness (QED) is 0.480. The van der Waals surface area contributed by atoms with E-state index in [0.717, 1.165) is 5.56 Å². The second-order valence-corrected chi connectivity index (χ2v) is 8.18. The van der Waals surface area contributed by atoms with E-state index in [-0.39, 0.29) is 17.8 Å². The number of rotatable bonds is 9. The molecule has 158 valence electrons. The highest BCUT2D eigenvalue weighted by Gasteiger charge is 2.20. The maximum atomic E-state index is 12.2. The fraction of sp³-hybridized carbons (Fsp3) is 0.318. The zero-order valence-corrected chi connectivity index (χ0v) is 18.8. The molecule has 30 heavy (non-hydrogen) atoms. The van der Waals surface area contributed by atoms with Crippen LogP contribution in [-0.4, -0.2) is 26.4 Å². The highest BCUT2D eigenvalue weighted by Crippen LogP contribution is 2.29. The van der Waals surface area contributed by atoms with Crippen molar-refractivity contribution in [1.29, 1.82) is 0 Å². The van der Waals surface area contributed by atoms with Crippen LogP contribution in [0.25, 0.3) is 0 Å². The zero-order chi connectivity index (χ0) is 21.5. The van der Waals surface area contributed by atoms with Crippen LogP contribution in [0.3, 0.4) is 0 Å². The van der Waals surface area contributed by atoms with Crippen LogP contribution < -0.4 is 10.1 Å². The van der Waals surface area contributed by atoms with E-state index >= 15 is 0 Å². The molecule has 1 atom stereocenters. The molecule has 0 aliphatic carbocycles. The van der Waals surface area contributed by atoms with Gasteiger partial charge in [0.05, 0.1) is 10.8 Å². The van der Waals surface area contributed by atoms with E-state index in [2.05, 4.69) is 15.5 Å². The molecule has 1 aromatic heterocycles. The predicted octanol–water partition coefficient (Wildman–Crippen LogP) is 4.81. The standard InChI is InChI=1S/C22H25ClN4O2S/c1-4-27-21(16(3)29-19-8-6-5-7-18(19)23)25-26-22(27)30-14-20(28)24-13-17-11-9-15(2)10-12-17/h5-12,16H,4,13-14H2,1-3H3,(H,24,28). The first kappa shape index (κ1) is 22.2. The number of benzene rings is 2. The summed E-state index contributed by atoms with van der Waals surface area (Å²) in [5.41, 5.74) is 2.27. The van der Waals surface area contributed by atoms with Crippen molar-refractivity contribution in [3.63, 3.8) is 0 Å². The van der Waals surface area contributed by atoms with E-state index < -0.39 is 0 Å². The van der Waals surface area contributed by atoms with Crippen molar-refractivity contribution in [2.45, 2.75) is 45.1 Å². The van der Waals surface area contributed by atoms with Crippen molar-refractivity contribution >= 4 is 29.3 Å². The molecule has 0 fully saturated rings.